The van der Waals surface area contributed by atoms with Crippen molar-refractivity contribution >= 4 is 5.69 Å². The molecule has 1 saturated heterocycles. The molecule has 1 aromatic rings. The van der Waals surface area contributed by atoms with Crippen LogP contribution in [-0.2, 0) is 11.2 Å². The lowest BCUT2D eigenvalue weighted by Crippen LogP contribution is -2.41. The van der Waals surface area contributed by atoms with Crippen LogP contribution in [0.15, 0.2) is 24.3 Å². The first kappa shape index (κ1) is 15.9. The first-order valence-corrected chi connectivity index (χ1v) is 7.75. The number of nitro groups is 1. The van der Waals surface area contributed by atoms with Gasteiger partial charge < -0.3 is 10.1 Å². The molecule has 1 aliphatic rings. The van der Waals surface area contributed by atoms with Gasteiger partial charge in [0, 0.05) is 31.4 Å². The van der Waals surface area contributed by atoms with Crippen LogP contribution in [0.25, 0.3) is 0 Å². The molecular weight excluding hydrogens is 268 g/mol. The molecule has 0 saturated carbocycles. The number of hydrogen-bond acceptors (Lipinski definition) is 4. The monoisotopic (exact) mass is 292 g/mol. The second-order valence-corrected chi connectivity index (χ2v) is 5.64. The van der Waals surface area contributed by atoms with E-state index in [0.717, 1.165) is 51.0 Å². The van der Waals surface area contributed by atoms with Gasteiger partial charge in [0.2, 0.25) is 0 Å². The van der Waals surface area contributed by atoms with E-state index in [1.807, 2.05) is 12.1 Å². The fraction of sp³-hybridized carbons (Fsp3) is 0.625. The van der Waals surface area contributed by atoms with Gasteiger partial charge in [-0.2, -0.15) is 0 Å². The van der Waals surface area contributed by atoms with E-state index in [9.17, 15) is 10.1 Å². The molecule has 0 spiro atoms. The molecule has 0 amide bonds. The lowest BCUT2D eigenvalue weighted by atomic mass is 9.87. The lowest BCUT2D eigenvalue weighted by molar-refractivity contribution is -0.384. The van der Waals surface area contributed by atoms with Gasteiger partial charge in [0.25, 0.3) is 5.69 Å². The zero-order valence-electron chi connectivity index (χ0n) is 12.6. The number of ether oxygens (including phenoxy) is 1. The van der Waals surface area contributed by atoms with Crippen molar-refractivity contribution in [3.8, 4) is 0 Å². The Kier molecular flexibility index (Phi) is 6.14. The molecule has 1 N–H and O–H groups in total. The van der Waals surface area contributed by atoms with Crippen LogP contribution in [0.3, 0.4) is 0 Å². The Morgan fingerprint density at radius 3 is 2.57 bits per heavy atom. The molecule has 0 radical (unpaired) electrons. The quantitative estimate of drug-likeness (QED) is 0.620. The zero-order valence-corrected chi connectivity index (χ0v) is 12.6. The van der Waals surface area contributed by atoms with Gasteiger partial charge in [-0.25, -0.2) is 0 Å². The summed E-state index contributed by atoms with van der Waals surface area (Å²) in [5.74, 6) is 0.625. The summed E-state index contributed by atoms with van der Waals surface area (Å²) in [4.78, 5) is 10.4. The van der Waals surface area contributed by atoms with Crippen LogP contribution in [0.2, 0.25) is 0 Å². The minimum Gasteiger partial charge on any atom is -0.381 e. The number of hydrogen-bond donors (Lipinski definition) is 1. The van der Waals surface area contributed by atoms with Gasteiger partial charge in [-0.15, -0.1) is 0 Å². The molecule has 0 aromatic heterocycles. The van der Waals surface area contributed by atoms with Crippen LogP contribution < -0.4 is 5.32 Å². The number of non-ortho nitro benzene ring substituents is 1. The van der Waals surface area contributed by atoms with Crippen LogP contribution in [0.4, 0.5) is 5.69 Å². The van der Waals surface area contributed by atoms with Crippen LogP contribution in [0.1, 0.15) is 31.7 Å². The molecule has 116 valence electrons. The van der Waals surface area contributed by atoms with Gasteiger partial charge in [0.15, 0.2) is 0 Å². The van der Waals surface area contributed by atoms with Crippen molar-refractivity contribution in [2.45, 2.75) is 38.6 Å². The largest absolute Gasteiger partial charge is 0.381 e. The summed E-state index contributed by atoms with van der Waals surface area (Å²) >= 11 is 0. The highest BCUT2D eigenvalue weighted by Crippen LogP contribution is 2.22. The van der Waals surface area contributed by atoms with Gasteiger partial charge in [0.1, 0.15) is 0 Å². The van der Waals surface area contributed by atoms with Crippen molar-refractivity contribution in [3.63, 3.8) is 0 Å². The molecule has 2 rings (SSSR count). The first-order chi connectivity index (χ1) is 10.2. The normalized spacial score (nSPS) is 17.6. The highest BCUT2D eigenvalue weighted by molar-refractivity contribution is 5.33. The second kappa shape index (κ2) is 8.10. The molecule has 1 unspecified atom stereocenters. The number of nitrogens with one attached hydrogen (secondary N) is 1. The Hall–Kier alpha value is -1.46. The highest BCUT2D eigenvalue weighted by Gasteiger charge is 2.23. The second-order valence-electron chi connectivity index (χ2n) is 5.64. The van der Waals surface area contributed by atoms with Crippen LogP contribution in [-0.4, -0.2) is 30.7 Å². The molecular formula is C16H24N2O3. The van der Waals surface area contributed by atoms with Crippen molar-refractivity contribution in [2.24, 2.45) is 5.92 Å². The summed E-state index contributed by atoms with van der Waals surface area (Å²) in [6.45, 7) is 4.86. The first-order valence-electron chi connectivity index (χ1n) is 7.75. The summed E-state index contributed by atoms with van der Waals surface area (Å²) in [6, 6.07) is 7.36. The Morgan fingerprint density at radius 2 is 2.00 bits per heavy atom. The number of nitrogens with zero attached hydrogens (tertiary/aromatic N) is 1. The number of nitro benzene ring substituents is 1. The third-order valence-corrected chi connectivity index (χ3v) is 4.09. The molecule has 1 aliphatic heterocycles. The zero-order chi connectivity index (χ0) is 15.1. The SMILES string of the molecule is CCCNC(Cc1ccc([N+](=O)[O-])cc1)C1CCOCC1. The molecule has 1 aromatic carbocycles. The lowest BCUT2D eigenvalue weighted by Gasteiger charge is -2.31. The fourth-order valence-electron chi connectivity index (χ4n) is 2.86. The third kappa shape index (κ3) is 4.79. The maximum atomic E-state index is 10.7. The summed E-state index contributed by atoms with van der Waals surface area (Å²) in [5, 5.41) is 14.3. The smallest absolute Gasteiger partial charge is 0.269 e. The molecule has 21 heavy (non-hydrogen) atoms. The summed E-state index contributed by atoms with van der Waals surface area (Å²) in [5.41, 5.74) is 1.31. The fourth-order valence-corrected chi connectivity index (χ4v) is 2.86. The summed E-state index contributed by atoms with van der Waals surface area (Å²) in [7, 11) is 0. The highest BCUT2D eigenvalue weighted by atomic mass is 16.6. The van der Waals surface area contributed by atoms with E-state index in [1.54, 1.807) is 12.1 Å². The van der Waals surface area contributed by atoms with Crippen molar-refractivity contribution in [1.29, 1.82) is 0 Å². The Morgan fingerprint density at radius 1 is 1.33 bits per heavy atom. The predicted octanol–water partition coefficient (Wildman–Crippen LogP) is 2.93. The van der Waals surface area contributed by atoms with E-state index < -0.39 is 0 Å². The molecule has 0 bridgehead atoms. The van der Waals surface area contributed by atoms with Gasteiger partial charge in [0.05, 0.1) is 4.92 Å². The molecule has 5 heteroatoms. The Labute approximate surface area is 125 Å². The minimum atomic E-state index is -0.352. The maximum absolute atomic E-state index is 10.7. The van der Waals surface area contributed by atoms with E-state index in [0.29, 0.717) is 12.0 Å². The van der Waals surface area contributed by atoms with Crippen molar-refractivity contribution in [1.82, 2.24) is 5.32 Å². The Balaban J connectivity index is 2.00. The molecule has 1 atom stereocenters. The molecule has 1 fully saturated rings. The van der Waals surface area contributed by atoms with E-state index in [1.165, 1.54) is 0 Å². The van der Waals surface area contributed by atoms with Crippen molar-refractivity contribution < 1.29 is 9.66 Å². The van der Waals surface area contributed by atoms with Gasteiger partial charge >= 0.3 is 0 Å². The Bertz CT molecular complexity index is 441. The van der Waals surface area contributed by atoms with Gasteiger partial charge in [-0.05, 0) is 43.7 Å². The van der Waals surface area contributed by atoms with Crippen molar-refractivity contribution in [2.75, 3.05) is 19.8 Å². The molecule has 5 nitrogen and oxygen atoms in total. The average Bonchev–Trinajstić information content (AvgIpc) is 2.52. The molecule has 1 heterocycles. The predicted molar refractivity (Wildman–Crippen MR) is 82.4 cm³/mol. The van der Waals surface area contributed by atoms with Gasteiger partial charge in [-0.3, -0.25) is 10.1 Å². The number of benzene rings is 1. The van der Waals surface area contributed by atoms with E-state index in [2.05, 4.69) is 12.2 Å². The van der Waals surface area contributed by atoms with Crippen LogP contribution in [0.5, 0.6) is 0 Å². The third-order valence-electron chi connectivity index (χ3n) is 4.09. The topological polar surface area (TPSA) is 64.4 Å². The minimum absolute atomic E-state index is 0.155. The average molecular weight is 292 g/mol. The summed E-state index contributed by atoms with van der Waals surface area (Å²) in [6.07, 6.45) is 4.21. The van der Waals surface area contributed by atoms with E-state index >= 15 is 0 Å². The summed E-state index contributed by atoms with van der Waals surface area (Å²) < 4.78 is 5.44. The van der Waals surface area contributed by atoms with Gasteiger partial charge in [-0.1, -0.05) is 19.1 Å². The maximum Gasteiger partial charge on any atom is 0.269 e. The standard InChI is InChI=1S/C16H24N2O3/c1-2-9-17-16(14-7-10-21-11-8-14)12-13-3-5-15(6-4-13)18(19)20/h3-6,14,16-17H,2,7-12H2,1H3. The molecule has 0 aliphatic carbocycles. The van der Waals surface area contributed by atoms with Crippen molar-refractivity contribution in [3.05, 3.63) is 39.9 Å². The van der Waals surface area contributed by atoms with E-state index in [-0.39, 0.29) is 10.6 Å². The van der Waals surface area contributed by atoms with E-state index in [4.69, 9.17) is 4.74 Å². The number of rotatable bonds is 7. The van der Waals surface area contributed by atoms with Crippen LogP contribution in [0, 0.1) is 16.0 Å². The van der Waals surface area contributed by atoms with Crippen LogP contribution >= 0.6 is 0 Å².